The van der Waals surface area contributed by atoms with Gasteiger partial charge in [-0.25, -0.2) is 9.97 Å². The van der Waals surface area contributed by atoms with Gasteiger partial charge in [0, 0.05) is 17.4 Å². The van der Waals surface area contributed by atoms with E-state index in [-0.39, 0.29) is 11.9 Å². The summed E-state index contributed by atoms with van der Waals surface area (Å²) in [4.78, 5) is 20.4. The van der Waals surface area contributed by atoms with Crippen molar-refractivity contribution >= 4 is 17.5 Å². The Morgan fingerprint density at radius 3 is 2.64 bits per heavy atom. The molecular formula is C19H19N5O. The molecule has 1 heterocycles. The number of hydrogen-bond donors (Lipinski definition) is 3. The van der Waals surface area contributed by atoms with E-state index in [0.717, 1.165) is 11.1 Å². The second-order valence-electron chi connectivity index (χ2n) is 5.67. The van der Waals surface area contributed by atoms with Gasteiger partial charge in [0.05, 0.1) is 11.7 Å². The topological polar surface area (TPSA) is 107 Å². The number of nitrogens with zero attached hydrogens (tertiary/aromatic N) is 2. The quantitative estimate of drug-likeness (QED) is 0.664. The Labute approximate surface area is 145 Å². The minimum atomic E-state index is -0.624. The van der Waals surface area contributed by atoms with Crippen LogP contribution in [0, 0.1) is 0 Å². The van der Waals surface area contributed by atoms with Crippen molar-refractivity contribution in [2.45, 2.75) is 12.5 Å². The molecule has 0 aliphatic carbocycles. The Morgan fingerprint density at radius 2 is 1.88 bits per heavy atom. The molecule has 1 atom stereocenters. The second-order valence-corrected chi connectivity index (χ2v) is 5.67. The van der Waals surface area contributed by atoms with Gasteiger partial charge in [0.1, 0.15) is 0 Å². The molecule has 2 aromatic carbocycles. The Morgan fingerprint density at radius 1 is 1.08 bits per heavy atom. The summed E-state index contributed by atoms with van der Waals surface area (Å²) in [6.07, 6.45) is 2.08. The van der Waals surface area contributed by atoms with E-state index in [0.29, 0.717) is 17.8 Å². The van der Waals surface area contributed by atoms with Crippen molar-refractivity contribution < 1.29 is 4.79 Å². The van der Waals surface area contributed by atoms with Crippen molar-refractivity contribution in [1.29, 1.82) is 0 Å². The summed E-state index contributed by atoms with van der Waals surface area (Å²) in [7, 11) is 0. The van der Waals surface area contributed by atoms with Crippen LogP contribution in [0.1, 0.15) is 5.56 Å². The maximum Gasteiger partial charge on any atom is 0.241 e. The highest BCUT2D eigenvalue weighted by molar-refractivity contribution is 5.95. The predicted molar refractivity (Wildman–Crippen MR) is 98.6 cm³/mol. The fourth-order valence-electron chi connectivity index (χ4n) is 2.49. The summed E-state index contributed by atoms with van der Waals surface area (Å²) in [6.45, 7) is 0. The lowest BCUT2D eigenvalue weighted by Gasteiger charge is -2.13. The lowest BCUT2D eigenvalue weighted by molar-refractivity contribution is -0.117. The first-order chi connectivity index (χ1) is 12.1. The average molecular weight is 333 g/mol. The Balaban J connectivity index is 1.70. The van der Waals surface area contributed by atoms with Gasteiger partial charge < -0.3 is 16.8 Å². The van der Waals surface area contributed by atoms with Gasteiger partial charge in [-0.15, -0.1) is 0 Å². The van der Waals surface area contributed by atoms with Crippen molar-refractivity contribution in [2.24, 2.45) is 5.73 Å². The molecular weight excluding hydrogens is 314 g/mol. The van der Waals surface area contributed by atoms with Crippen LogP contribution >= 0.6 is 0 Å². The molecule has 0 saturated heterocycles. The van der Waals surface area contributed by atoms with Crippen LogP contribution in [0.4, 0.5) is 11.6 Å². The smallest absolute Gasteiger partial charge is 0.241 e. The SMILES string of the molecule is Nc1nccc(-c2cccc(NC(=O)C(N)Cc3ccccc3)c2)n1. The number of carbonyl (C=O) groups excluding carboxylic acids is 1. The molecule has 0 saturated carbocycles. The molecule has 1 unspecified atom stereocenters. The number of hydrogen-bond acceptors (Lipinski definition) is 5. The largest absolute Gasteiger partial charge is 0.368 e. The summed E-state index contributed by atoms with van der Waals surface area (Å²) in [5.41, 5.74) is 14.8. The van der Waals surface area contributed by atoms with Crippen molar-refractivity contribution in [3.8, 4) is 11.3 Å². The zero-order valence-corrected chi connectivity index (χ0v) is 13.6. The minimum Gasteiger partial charge on any atom is -0.368 e. The highest BCUT2D eigenvalue weighted by atomic mass is 16.2. The Bertz CT molecular complexity index is 866. The van der Waals surface area contributed by atoms with E-state index in [1.165, 1.54) is 0 Å². The molecule has 25 heavy (non-hydrogen) atoms. The van der Waals surface area contributed by atoms with E-state index in [2.05, 4.69) is 15.3 Å². The van der Waals surface area contributed by atoms with Gasteiger partial charge in [0.2, 0.25) is 11.9 Å². The van der Waals surface area contributed by atoms with Crippen LogP contribution in [0.25, 0.3) is 11.3 Å². The van der Waals surface area contributed by atoms with Gasteiger partial charge in [-0.05, 0) is 30.2 Å². The first-order valence-electron chi connectivity index (χ1n) is 7.91. The lowest BCUT2D eigenvalue weighted by atomic mass is 10.1. The number of benzene rings is 2. The van der Waals surface area contributed by atoms with Crippen molar-refractivity contribution in [1.82, 2.24) is 9.97 Å². The zero-order chi connectivity index (χ0) is 17.6. The molecule has 0 spiro atoms. The van der Waals surface area contributed by atoms with Crippen LogP contribution in [0.15, 0.2) is 66.9 Å². The van der Waals surface area contributed by atoms with E-state index >= 15 is 0 Å². The zero-order valence-electron chi connectivity index (χ0n) is 13.6. The van der Waals surface area contributed by atoms with Gasteiger partial charge in [-0.3, -0.25) is 4.79 Å². The van der Waals surface area contributed by atoms with E-state index in [1.807, 2.05) is 48.5 Å². The number of nitrogens with two attached hydrogens (primary N) is 2. The maximum atomic E-state index is 12.3. The number of nitrogens with one attached hydrogen (secondary N) is 1. The van der Waals surface area contributed by atoms with Gasteiger partial charge in [0.15, 0.2) is 0 Å². The van der Waals surface area contributed by atoms with Crippen LogP contribution in [0.5, 0.6) is 0 Å². The number of carbonyl (C=O) groups is 1. The molecule has 1 aromatic heterocycles. The van der Waals surface area contributed by atoms with Gasteiger partial charge >= 0.3 is 0 Å². The van der Waals surface area contributed by atoms with Crippen molar-refractivity contribution in [3.63, 3.8) is 0 Å². The Hall–Kier alpha value is -3.25. The highest BCUT2D eigenvalue weighted by Gasteiger charge is 2.14. The minimum absolute atomic E-state index is 0.205. The van der Waals surface area contributed by atoms with Gasteiger partial charge in [0.25, 0.3) is 0 Å². The van der Waals surface area contributed by atoms with E-state index in [1.54, 1.807) is 18.3 Å². The number of amides is 1. The van der Waals surface area contributed by atoms with E-state index < -0.39 is 6.04 Å². The van der Waals surface area contributed by atoms with Gasteiger partial charge in [-0.2, -0.15) is 0 Å². The molecule has 0 aliphatic heterocycles. The van der Waals surface area contributed by atoms with E-state index in [9.17, 15) is 4.79 Å². The third-order valence-corrected chi connectivity index (χ3v) is 3.74. The predicted octanol–water partition coefficient (Wildman–Crippen LogP) is 2.23. The van der Waals surface area contributed by atoms with Crippen molar-refractivity contribution in [3.05, 3.63) is 72.4 Å². The summed E-state index contributed by atoms with van der Waals surface area (Å²) in [5, 5.41) is 2.85. The van der Waals surface area contributed by atoms with E-state index in [4.69, 9.17) is 11.5 Å². The fourth-order valence-corrected chi connectivity index (χ4v) is 2.49. The molecule has 1 amide bonds. The van der Waals surface area contributed by atoms with Crippen LogP contribution in [-0.4, -0.2) is 21.9 Å². The molecule has 3 aromatic rings. The summed E-state index contributed by atoms with van der Waals surface area (Å²) in [6, 6.07) is 18.2. The third kappa shape index (κ3) is 4.39. The standard InChI is InChI=1S/C19H19N5O/c20-16(11-13-5-2-1-3-6-13)18(25)23-15-8-4-7-14(12-15)17-9-10-22-19(21)24-17/h1-10,12,16H,11,20H2,(H,23,25)(H2,21,22,24). The number of rotatable bonds is 5. The molecule has 3 rings (SSSR count). The number of nitrogen functional groups attached to an aromatic ring is 1. The number of aromatic nitrogens is 2. The van der Waals surface area contributed by atoms with Crippen molar-refractivity contribution in [2.75, 3.05) is 11.1 Å². The summed E-state index contributed by atoms with van der Waals surface area (Å²) >= 11 is 0. The lowest BCUT2D eigenvalue weighted by Crippen LogP contribution is -2.37. The molecule has 0 bridgehead atoms. The van der Waals surface area contributed by atoms with Crippen LogP contribution in [-0.2, 0) is 11.2 Å². The average Bonchev–Trinajstić information content (AvgIpc) is 2.63. The fraction of sp³-hybridized carbons (Fsp3) is 0.105. The normalized spacial score (nSPS) is 11.7. The molecule has 126 valence electrons. The Kier molecular flexibility index (Phi) is 5.01. The molecule has 5 N–H and O–H groups in total. The van der Waals surface area contributed by atoms with Crippen LogP contribution < -0.4 is 16.8 Å². The third-order valence-electron chi connectivity index (χ3n) is 3.74. The molecule has 0 aliphatic rings. The van der Waals surface area contributed by atoms with Crippen LogP contribution in [0.3, 0.4) is 0 Å². The van der Waals surface area contributed by atoms with Gasteiger partial charge in [-0.1, -0.05) is 42.5 Å². The first-order valence-corrected chi connectivity index (χ1v) is 7.91. The molecule has 6 heteroatoms. The first kappa shape index (κ1) is 16.6. The molecule has 0 fully saturated rings. The van der Waals surface area contributed by atoms with Crippen LogP contribution in [0.2, 0.25) is 0 Å². The molecule has 0 radical (unpaired) electrons. The second kappa shape index (κ2) is 7.55. The number of anilines is 2. The molecule has 6 nitrogen and oxygen atoms in total. The highest BCUT2D eigenvalue weighted by Crippen LogP contribution is 2.21. The monoisotopic (exact) mass is 333 g/mol. The summed E-state index contributed by atoms with van der Waals surface area (Å²) < 4.78 is 0. The summed E-state index contributed by atoms with van der Waals surface area (Å²) in [5.74, 6) is -0.0278. The maximum absolute atomic E-state index is 12.3.